The van der Waals surface area contributed by atoms with Crippen molar-refractivity contribution in [1.82, 2.24) is 15.5 Å². The molecule has 6 nitrogen and oxygen atoms in total. The van der Waals surface area contributed by atoms with E-state index < -0.39 is 11.8 Å². The molecule has 4 amide bonds. The first kappa shape index (κ1) is 16.6. The highest BCUT2D eigenvalue weighted by Crippen LogP contribution is 2.21. The highest BCUT2D eigenvalue weighted by Gasteiger charge is 2.34. The van der Waals surface area contributed by atoms with Crippen molar-refractivity contribution in [1.29, 1.82) is 0 Å². The van der Waals surface area contributed by atoms with Gasteiger partial charge in [-0.2, -0.15) is 0 Å². The molecular weight excluding hydrogens is 325 g/mol. The number of halogens is 1. The molecule has 1 heterocycles. The molecule has 0 saturated heterocycles. The normalized spacial score (nSPS) is 12.9. The van der Waals surface area contributed by atoms with E-state index in [0.717, 1.165) is 4.90 Å². The van der Waals surface area contributed by atoms with E-state index in [0.29, 0.717) is 16.7 Å². The Hall–Kier alpha value is -3.22. The number of benzene rings is 2. The minimum Gasteiger partial charge on any atom is -0.336 e. The lowest BCUT2D eigenvalue weighted by Crippen LogP contribution is -2.41. The van der Waals surface area contributed by atoms with Gasteiger partial charge in [-0.15, -0.1) is 0 Å². The summed E-state index contributed by atoms with van der Waals surface area (Å²) in [6, 6.07) is 12.2. The van der Waals surface area contributed by atoms with Crippen molar-refractivity contribution in [2.75, 3.05) is 13.1 Å². The minimum absolute atomic E-state index is 0.0471. The molecule has 2 aromatic carbocycles. The lowest BCUT2D eigenvalue weighted by Gasteiger charge is -2.14. The van der Waals surface area contributed by atoms with Gasteiger partial charge in [-0.1, -0.05) is 30.3 Å². The molecule has 1 aliphatic rings. The topological polar surface area (TPSA) is 78.5 Å². The van der Waals surface area contributed by atoms with Gasteiger partial charge in [0.1, 0.15) is 5.82 Å². The summed E-state index contributed by atoms with van der Waals surface area (Å²) < 4.78 is 13.5. The molecule has 25 heavy (non-hydrogen) atoms. The number of nitrogens with one attached hydrogen (secondary N) is 2. The van der Waals surface area contributed by atoms with Crippen molar-refractivity contribution in [3.8, 4) is 0 Å². The monoisotopic (exact) mass is 341 g/mol. The molecule has 0 fully saturated rings. The number of amides is 4. The maximum absolute atomic E-state index is 13.5. The van der Waals surface area contributed by atoms with Gasteiger partial charge in [0.2, 0.25) is 0 Å². The third-order valence-corrected chi connectivity index (χ3v) is 3.90. The molecule has 3 rings (SSSR count). The SMILES string of the molecule is O=C(NCCN1C(=O)c2ccccc2C1=O)NCc1ccccc1F. The number of urea groups is 1. The molecule has 0 aromatic heterocycles. The van der Waals surface area contributed by atoms with Crippen LogP contribution in [0.15, 0.2) is 48.5 Å². The molecule has 0 atom stereocenters. The van der Waals surface area contributed by atoms with Crippen molar-refractivity contribution >= 4 is 17.8 Å². The van der Waals surface area contributed by atoms with Crippen LogP contribution >= 0.6 is 0 Å². The summed E-state index contributed by atoms with van der Waals surface area (Å²) in [5.41, 5.74) is 1.12. The van der Waals surface area contributed by atoms with Crippen molar-refractivity contribution in [3.63, 3.8) is 0 Å². The lowest BCUT2D eigenvalue weighted by molar-refractivity contribution is 0.0656. The third-order valence-electron chi connectivity index (χ3n) is 3.90. The summed E-state index contributed by atoms with van der Waals surface area (Å²) in [6.07, 6.45) is 0. The molecule has 0 spiro atoms. The number of imide groups is 1. The maximum atomic E-state index is 13.5. The molecular formula is C18H16FN3O3. The second kappa shape index (κ2) is 7.12. The fourth-order valence-electron chi connectivity index (χ4n) is 2.60. The number of rotatable bonds is 5. The molecule has 1 aliphatic heterocycles. The van der Waals surface area contributed by atoms with Gasteiger partial charge in [-0.3, -0.25) is 14.5 Å². The van der Waals surface area contributed by atoms with E-state index >= 15 is 0 Å². The smallest absolute Gasteiger partial charge is 0.315 e. The highest BCUT2D eigenvalue weighted by molar-refractivity contribution is 6.21. The van der Waals surface area contributed by atoms with Gasteiger partial charge in [0.05, 0.1) is 11.1 Å². The number of hydrogen-bond acceptors (Lipinski definition) is 3. The van der Waals surface area contributed by atoms with Crippen LogP contribution < -0.4 is 10.6 Å². The zero-order chi connectivity index (χ0) is 17.8. The Morgan fingerprint density at radius 3 is 2.16 bits per heavy atom. The van der Waals surface area contributed by atoms with Crippen molar-refractivity contribution < 1.29 is 18.8 Å². The van der Waals surface area contributed by atoms with Crippen LogP contribution in [0.5, 0.6) is 0 Å². The van der Waals surface area contributed by atoms with Crippen molar-refractivity contribution in [3.05, 3.63) is 71.0 Å². The van der Waals surface area contributed by atoms with E-state index in [1.165, 1.54) is 6.07 Å². The number of carbonyl (C=O) groups excluding carboxylic acids is 3. The number of fused-ring (bicyclic) bond motifs is 1. The first-order valence-corrected chi connectivity index (χ1v) is 7.78. The molecule has 0 aliphatic carbocycles. The van der Waals surface area contributed by atoms with E-state index in [1.807, 2.05) is 0 Å². The van der Waals surface area contributed by atoms with E-state index in [-0.39, 0.29) is 31.4 Å². The molecule has 2 N–H and O–H groups in total. The maximum Gasteiger partial charge on any atom is 0.315 e. The standard InChI is InChI=1S/C18H16FN3O3/c19-15-8-4-1-5-12(15)11-21-18(25)20-9-10-22-16(23)13-6-2-3-7-14(13)17(22)24/h1-8H,9-11H2,(H2,20,21,25). The quantitative estimate of drug-likeness (QED) is 0.816. The Kier molecular flexibility index (Phi) is 4.74. The first-order chi connectivity index (χ1) is 12.1. The lowest BCUT2D eigenvalue weighted by atomic mass is 10.1. The molecule has 0 bridgehead atoms. The van der Waals surface area contributed by atoms with Gasteiger partial charge in [-0.25, -0.2) is 9.18 Å². The molecule has 0 radical (unpaired) electrons. The predicted octanol–water partition coefficient (Wildman–Crippen LogP) is 1.92. The van der Waals surface area contributed by atoms with E-state index in [4.69, 9.17) is 0 Å². The minimum atomic E-state index is -0.500. The Balaban J connectivity index is 1.47. The van der Waals surface area contributed by atoms with Crippen LogP contribution in [0.25, 0.3) is 0 Å². The molecule has 128 valence electrons. The van der Waals surface area contributed by atoms with E-state index in [2.05, 4.69) is 10.6 Å². The van der Waals surface area contributed by atoms with Crippen LogP contribution in [0.3, 0.4) is 0 Å². The summed E-state index contributed by atoms with van der Waals surface area (Å²) in [5.74, 6) is -1.13. The first-order valence-electron chi connectivity index (χ1n) is 7.78. The summed E-state index contributed by atoms with van der Waals surface area (Å²) in [6.45, 7) is 0.222. The molecule has 0 saturated carbocycles. The Morgan fingerprint density at radius 1 is 0.920 bits per heavy atom. The average Bonchev–Trinajstić information content (AvgIpc) is 2.86. The summed E-state index contributed by atoms with van der Waals surface area (Å²) in [7, 11) is 0. The van der Waals surface area contributed by atoms with Gasteiger partial charge in [0, 0.05) is 25.2 Å². The van der Waals surface area contributed by atoms with E-state index in [1.54, 1.807) is 42.5 Å². The number of carbonyl (C=O) groups is 3. The fourth-order valence-corrected chi connectivity index (χ4v) is 2.60. The largest absolute Gasteiger partial charge is 0.336 e. The molecule has 7 heteroatoms. The molecule has 2 aromatic rings. The second-order valence-electron chi connectivity index (χ2n) is 5.51. The summed E-state index contributed by atoms with van der Waals surface area (Å²) in [5, 5.41) is 5.07. The second-order valence-corrected chi connectivity index (χ2v) is 5.51. The predicted molar refractivity (Wildman–Crippen MR) is 88.4 cm³/mol. The zero-order valence-electron chi connectivity index (χ0n) is 13.3. The van der Waals surface area contributed by atoms with Crippen molar-refractivity contribution in [2.45, 2.75) is 6.54 Å². The average molecular weight is 341 g/mol. The highest BCUT2D eigenvalue weighted by atomic mass is 19.1. The Labute approximate surface area is 143 Å². The van der Waals surface area contributed by atoms with Crippen LogP contribution in [0.1, 0.15) is 26.3 Å². The van der Waals surface area contributed by atoms with Crippen LogP contribution in [0.2, 0.25) is 0 Å². The zero-order valence-corrected chi connectivity index (χ0v) is 13.3. The van der Waals surface area contributed by atoms with Crippen LogP contribution in [0, 0.1) is 5.82 Å². The van der Waals surface area contributed by atoms with Gasteiger partial charge < -0.3 is 10.6 Å². The van der Waals surface area contributed by atoms with Crippen molar-refractivity contribution in [2.24, 2.45) is 0 Å². The van der Waals surface area contributed by atoms with E-state index in [9.17, 15) is 18.8 Å². The van der Waals surface area contributed by atoms with Gasteiger partial charge in [0.25, 0.3) is 11.8 Å². The number of nitrogens with zero attached hydrogens (tertiary/aromatic N) is 1. The van der Waals surface area contributed by atoms with Gasteiger partial charge >= 0.3 is 6.03 Å². The van der Waals surface area contributed by atoms with Gasteiger partial charge in [0.15, 0.2) is 0 Å². The third kappa shape index (κ3) is 3.50. The Bertz CT molecular complexity index is 803. The van der Waals surface area contributed by atoms with Crippen LogP contribution in [0.4, 0.5) is 9.18 Å². The Morgan fingerprint density at radius 2 is 1.52 bits per heavy atom. The summed E-state index contributed by atoms with van der Waals surface area (Å²) in [4.78, 5) is 37.2. The number of hydrogen-bond donors (Lipinski definition) is 2. The molecule has 0 unspecified atom stereocenters. The van der Waals surface area contributed by atoms with Crippen LogP contribution in [-0.2, 0) is 6.54 Å². The van der Waals surface area contributed by atoms with Gasteiger partial charge in [-0.05, 0) is 18.2 Å². The van der Waals surface area contributed by atoms with Crippen LogP contribution in [-0.4, -0.2) is 35.8 Å². The fraction of sp³-hybridized carbons (Fsp3) is 0.167. The summed E-state index contributed by atoms with van der Waals surface area (Å²) >= 11 is 0.